The molecule has 0 spiro atoms. The molecule has 1 aromatic rings. The first kappa shape index (κ1) is 13.1. The fraction of sp³-hybridized carbons (Fsp3) is 0.533. The van der Waals surface area contributed by atoms with Crippen molar-refractivity contribution in [3.63, 3.8) is 0 Å². The topological polar surface area (TPSA) is 29.5 Å². The lowest BCUT2D eigenvalue weighted by Gasteiger charge is -2.25. The van der Waals surface area contributed by atoms with E-state index in [4.69, 9.17) is 4.74 Å². The van der Waals surface area contributed by atoms with Gasteiger partial charge in [-0.1, -0.05) is 30.3 Å². The molecule has 2 rings (SSSR count). The predicted molar refractivity (Wildman–Crippen MR) is 71.5 cm³/mol. The maximum Gasteiger partial charge on any atom is 0.314 e. The molecule has 18 heavy (non-hydrogen) atoms. The minimum atomic E-state index is -0.170. The van der Waals surface area contributed by atoms with E-state index in [0.717, 1.165) is 18.7 Å². The maximum absolute atomic E-state index is 12.0. The lowest BCUT2D eigenvalue weighted by Crippen LogP contribution is -2.34. The first-order valence-corrected chi connectivity index (χ1v) is 6.59. The highest BCUT2D eigenvalue weighted by Gasteiger charge is 2.28. The number of benzene rings is 1. The van der Waals surface area contributed by atoms with E-state index in [1.807, 2.05) is 30.3 Å². The summed E-state index contributed by atoms with van der Waals surface area (Å²) in [5.41, 5.74) is 1.04. The summed E-state index contributed by atoms with van der Waals surface area (Å²) in [4.78, 5) is 14.3. The molecule has 2 unspecified atom stereocenters. The van der Waals surface area contributed by atoms with Gasteiger partial charge in [0.05, 0.1) is 13.0 Å². The molecule has 1 saturated heterocycles. The molecule has 2 atom stereocenters. The summed E-state index contributed by atoms with van der Waals surface area (Å²) < 4.78 is 4.95. The van der Waals surface area contributed by atoms with E-state index in [-0.39, 0.29) is 11.9 Å². The van der Waals surface area contributed by atoms with Gasteiger partial charge in [-0.2, -0.15) is 0 Å². The SMILES string of the molecule is COC(=O)C(CN1CCCC1C)c1ccccc1. The third-order valence-electron chi connectivity index (χ3n) is 3.80. The summed E-state index contributed by atoms with van der Waals surface area (Å²) in [5.74, 6) is -0.308. The van der Waals surface area contributed by atoms with E-state index in [2.05, 4.69) is 11.8 Å². The van der Waals surface area contributed by atoms with E-state index in [1.165, 1.54) is 20.0 Å². The van der Waals surface area contributed by atoms with Gasteiger partial charge >= 0.3 is 5.97 Å². The van der Waals surface area contributed by atoms with Crippen LogP contribution in [0.2, 0.25) is 0 Å². The van der Waals surface area contributed by atoms with Crippen molar-refractivity contribution < 1.29 is 9.53 Å². The monoisotopic (exact) mass is 247 g/mol. The number of methoxy groups -OCH3 is 1. The Kier molecular flexibility index (Phi) is 4.37. The van der Waals surface area contributed by atoms with E-state index in [9.17, 15) is 4.79 Å². The van der Waals surface area contributed by atoms with Gasteiger partial charge in [-0.15, -0.1) is 0 Å². The van der Waals surface area contributed by atoms with Gasteiger partial charge in [0.25, 0.3) is 0 Å². The van der Waals surface area contributed by atoms with E-state index in [0.29, 0.717) is 6.04 Å². The maximum atomic E-state index is 12.0. The summed E-state index contributed by atoms with van der Waals surface area (Å²) in [6.07, 6.45) is 2.45. The Balaban J connectivity index is 2.13. The summed E-state index contributed by atoms with van der Waals surface area (Å²) >= 11 is 0. The van der Waals surface area contributed by atoms with Crippen LogP contribution in [0.15, 0.2) is 30.3 Å². The van der Waals surface area contributed by atoms with Crippen molar-refractivity contribution in [2.75, 3.05) is 20.2 Å². The van der Waals surface area contributed by atoms with Gasteiger partial charge in [-0.25, -0.2) is 0 Å². The number of hydrogen-bond acceptors (Lipinski definition) is 3. The second kappa shape index (κ2) is 6.01. The third kappa shape index (κ3) is 2.91. The van der Waals surface area contributed by atoms with Crippen LogP contribution in [0, 0.1) is 0 Å². The molecule has 0 amide bonds. The summed E-state index contributed by atoms with van der Waals surface area (Å²) in [7, 11) is 1.46. The first-order valence-electron chi connectivity index (χ1n) is 6.59. The molecule has 3 nitrogen and oxygen atoms in total. The number of nitrogens with zero attached hydrogens (tertiary/aromatic N) is 1. The Morgan fingerprint density at radius 3 is 2.72 bits per heavy atom. The molecule has 1 heterocycles. The van der Waals surface area contributed by atoms with Crippen LogP contribution in [0.1, 0.15) is 31.2 Å². The third-order valence-corrected chi connectivity index (χ3v) is 3.80. The highest BCUT2D eigenvalue weighted by atomic mass is 16.5. The first-order chi connectivity index (χ1) is 8.72. The van der Waals surface area contributed by atoms with Gasteiger partial charge < -0.3 is 4.74 Å². The average Bonchev–Trinajstić information content (AvgIpc) is 2.81. The summed E-state index contributed by atoms with van der Waals surface area (Å²) in [6.45, 7) is 4.08. The smallest absolute Gasteiger partial charge is 0.314 e. The number of hydrogen-bond donors (Lipinski definition) is 0. The molecular weight excluding hydrogens is 226 g/mol. The minimum Gasteiger partial charge on any atom is -0.469 e. The van der Waals surface area contributed by atoms with Crippen LogP contribution >= 0.6 is 0 Å². The number of likely N-dealkylation sites (tertiary alicyclic amines) is 1. The zero-order valence-corrected chi connectivity index (χ0v) is 11.1. The van der Waals surface area contributed by atoms with Crippen LogP contribution in [0.4, 0.5) is 0 Å². The molecule has 1 aliphatic rings. The van der Waals surface area contributed by atoms with Gasteiger partial charge in [0.1, 0.15) is 0 Å². The van der Waals surface area contributed by atoms with Crippen LogP contribution in [-0.4, -0.2) is 37.1 Å². The molecule has 0 aliphatic carbocycles. The number of carbonyl (C=O) groups is 1. The zero-order chi connectivity index (χ0) is 13.0. The number of esters is 1. The van der Waals surface area contributed by atoms with Gasteiger partial charge in [0, 0.05) is 12.6 Å². The van der Waals surface area contributed by atoms with E-state index < -0.39 is 0 Å². The molecule has 0 radical (unpaired) electrons. The number of ether oxygens (including phenoxy) is 1. The van der Waals surface area contributed by atoms with Crippen molar-refractivity contribution in [2.45, 2.75) is 31.7 Å². The van der Waals surface area contributed by atoms with Crippen molar-refractivity contribution in [2.24, 2.45) is 0 Å². The van der Waals surface area contributed by atoms with Crippen LogP contribution < -0.4 is 0 Å². The molecule has 0 N–H and O–H groups in total. The van der Waals surface area contributed by atoms with Crippen molar-refractivity contribution >= 4 is 5.97 Å². The summed E-state index contributed by atoms with van der Waals surface area (Å²) in [5, 5.41) is 0. The minimum absolute atomic E-state index is 0.139. The lowest BCUT2D eigenvalue weighted by atomic mass is 9.98. The van der Waals surface area contributed by atoms with Crippen LogP contribution in [0.5, 0.6) is 0 Å². The van der Waals surface area contributed by atoms with Crippen molar-refractivity contribution in [1.29, 1.82) is 0 Å². The largest absolute Gasteiger partial charge is 0.469 e. The molecule has 0 saturated carbocycles. The van der Waals surface area contributed by atoms with E-state index in [1.54, 1.807) is 0 Å². The molecule has 98 valence electrons. The fourth-order valence-corrected chi connectivity index (χ4v) is 2.64. The summed E-state index contributed by atoms with van der Waals surface area (Å²) in [6, 6.07) is 10.5. The Morgan fingerprint density at radius 2 is 2.17 bits per heavy atom. The predicted octanol–water partition coefficient (Wildman–Crippen LogP) is 2.43. The number of rotatable bonds is 4. The molecule has 0 aromatic heterocycles. The Bertz CT molecular complexity index is 391. The highest BCUT2D eigenvalue weighted by molar-refractivity contribution is 5.78. The van der Waals surface area contributed by atoms with E-state index >= 15 is 0 Å². The van der Waals surface area contributed by atoms with Gasteiger partial charge in [-0.05, 0) is 31.9 Å². The highest BCUT2D eigenvalue weighted by Crippen LogP contribution is 2.24. The molecular formula is C15H21NO2. The quantitative estimate of drug-likeness (QED) is 0.765. The van der Waals surface area contributed by atoms with Crippen molar-refractivity contribution in [3.8, 4) is 0 Å². The van der Waals surface area contributed by atoms with Crippen LogP contribution in [-0.2, 0) is 9.53 Å². The average molecular weight is 247 g/mol. The zero-order valence-electron chi connectivity index (χ0n) is 11.1. The normalized spacial score (nSPS) is 21.8. The molecule has 1 aliphatic heterocycles. The molecule has 1 fully saturated rings. The number of carbonyl (C=O) groups excluding carboxylic acids is 1. The van der Waals surface area contributed by atoms with Gasteiger partial charge in [0.2, 0.25) is 0 Å². The lowest BCUT2D eigenvalue weighted by molar-refractivity contribution is -0.143. The Labute approximate surface area is 109 Å². The Hall–Kier alpha value is -1.35. The molecule has 0 bridgehead atoms. The second-order valence-electron chi connectivity index (χ2n) is 4.97. The molecule has 1 aromatic carbocycles. The second-order valence-corrected chi connectivity index (χ2v) is 4.97. The van der Waals surface area contributed by atoms with Crippen LogP contribution in [0.3, 0.4) is 0 Å². The fourth-order valence-electron chi connectivity index (χ4n) is 2.64. The van der Waals surface area contributed by atoms with Crippen molar-refractivity contribution in [3.05, 3.63) is 35.9 Å². The Morgan fingerprint density at radius 1 is 1.44 bits per heavy atom. The molecule has 3 heteroatoms. The standard InChI is InChI=1S/C15H21NO2/c1-12-7-6-10-16(12)11-14(15(17)18-2)13-8-4-3-5-9-13/h3-5,8-9,12,14H,6-7,10-11H2,1-2H3. The van der Waals surface area contributed by atoms with Gasteiger partial charge in [-0.3, -0.25) is 9.69 Å². The van der Waals surface area contributed by atoms with Gasteiger partial charge in [0.15, 0.2) is 0 Å². The van der Waals surface area contributed by atoms with Crippen molar-refractivity contribution in [1.82, 2.24) is 4.90 Å². The van der Waals surface area contributed by atoms with Crippen LogP contribution in [0.25, 0.3) is 0 Å².